The lowest BCUT2D eigenvalue weighted by Crippen LogP contribution is -2.51. The minimum absolute atomic E-state index is 0.0687. The number of carbonyl (C=O) groups is 1. The van der Waals surface area contributed by atoms with Gasteiger partial charge in [-0.05, 0) is 38.1 Å². The molecule has 2 rings (SSSR count). The van der Waals surface area contributed by atoms with E-state index in [0.29, 0.717) is 57.3 Å². The van der Waals surface area contributed by atoms with E-state index < -0.39 is 6.10 Å². The lowest BCUT2D eigenvalue weighted by atomic mass is 10.1. The van der Waals surface area contributed by atoms with Gasteiger partial charge in [-0.25, -0.2) is 0 Å². The van der Waals surface area contributed by atoms with Gasteiger partial charge in [-0.15, -0.1) is 0 Å². The molecule has 1 amide bonds. The quantitative estimate of drug-likeness (QED) is 0.541. The van der Waals surface area contributed by atoms with Gasteiger partial charge >= 0.3 is 0 Å². The van der Waals surface area contributed by atoms with Crippen molar-refractivity contribution < 1.29 is 28.8 Å². The van der Waals surface area contributed by atoms with Gasteiger partial charge in [0.2, 0.25) is 0 Å². The van der Waals surface area contributed by atoms with Crippen LogP contribution in [0.1, 0.15) is 24.2 Å². The summed E-state index contributed by atoms with van der Waals surface area (Å²) >= 11 is 0. The van der Waals surface area contributed by atoms with Crippen LogP contribution >= 0.6 is 0 Å². The normalized spacial score (nSPS) is 18.4. The summed E-state index contributed by atoms with van der Waals surface area (Å²) in [6, 6.07) is 7.09. The fourth-order valence-corrected chi connectivity index (χ4v) is 3.35. The van der Waals surface area contributed by atoms with E-state index >= 15 is 0 Å². The summed E-state index contributed by atoms with van der Waals surface area (Å²) in [5, 5.41) is 10.2. The first kappa shape index (κ1) is 24.6. The van der Waals surface area contributed by atoms with Crippen LogP contribution in [0.4, 0.5) is 0 Å². The van der Waals surface area contributed by atoms with Crippen LogP contribution in [0, 0.1) is 0 Å². The van der Waals surface area contributed by atoms with E-state index in [-0.39, 0.29) is 18.1 Å². The number of aliphatic hydroxyl groups excluding tert-OH is 1. The smallest absolute Gasteiger partial charge is 0.254 e. The number of rotatable bonds is 12. The summed E-state index contributed by atoms with van der Waals surface area (Å²) in [5.74, 6) is 0.641. The molecule has 1 fully saturated rings. The third kappa shape index (κ3) is 8.20. The third-order valence-electron chi connectivity index (χ3n) is 4.93. The molecule has 1 heterocycles. The molecule has 1 saturated heterocycles. The van der Waals surface area contributed by atoms with E-state index in [1.807, 2.05) is 13.8 Å². The van der Waals surface area contributed by atoms with E-state index in [9.17, 15) is 9.90 Å². The Bertz CT molecular complexity index is 625. The third-order valence-corrected chi connectivity index (χ3v) is 4.93. The molecule has 0 aromatic heterocycles. The van der Waals surface area contributed by atoms with Gasteiger partial charge in [0.05, 0.1) is 45.2 Å². The summed E-state index contributed by atoms with van der Waals surface area (Å²) in [6.45, 7) is 8.10. The van der Waals surface area contributed by atoms with Gasteiger partial charge in [-0.2, -0.15) is 0 Å². The van der Waals surface area contributed by atoms with Crippen molar-refractivity contribution in [1.29, 1.82) is 0 Å². The molecule has 8 heteroatoms. The maximum absolute atomic E-state index is 13.0. The van der Waals surface area contributed by atoms with Crippen molar-refractivity contribution in [3.8, 4) is 5.75 Å². The van der Waals surface area contributed by atoms with Crippen molar-refractivity contribution in [1.82, 2.24) is 9.80 Å². The highest BCUT2D eigenvalue weighted by molar-refractivity contribution is 5.94. The highest BCUT2D eigenvalue weighted by Gasteiger charge is 2.26. The average molecular weight is 425 g/mol. The Kier molecular flexibility index (Phi) is 10.5. The molecule has 1 aliphatic rings. The van der Waals surface area contributed by atoms with Crippen molar-refractivity contribution in [2.75, 3.05) is 66.8 Å². The molecule has 1 aromatic rings. The maximum atomic E-state index is 13.0. The Hall–Kier alpha value is -1.71. The van der Waals surface area contributed by atoms with Crippen molar-refractivity contribution in [3.63, 3.8) is 0 Å². The molecule has 8 nitrogen and oxygen atoms in total. The van der Waals surface area contributed by atoms with Crippen molar-refractivity contribution in [2.45, 2.75) is 32.2 Å². The standard InChI is InChI=1S/C22H36N2O6/c1-17(2)30-16-19(25)13-23-9-12-29-21(14-23)15-24(10-11-27-3)22(26)18-5-7-20(28-4)8-6-18/h5-8,17,19,21,25H,9-16H2,1-4H3/t19-,21+/m1/s1. The van der Waals surface area contributed by atoms with E-state index in [2.05, 4.69) is 4.90 Å². The first-order valence-electron chi connectivity index (χ1n) is 10.5. The summed E-state index contributed by atoms with van der Waals surface area (Å²) in [5.41, 5.74) is 0.598. The molecule has 170 valence electrons. The zero-order chi connectivity index (χ0) is 21.9. The van der Waals surface area contributed by atoms with Crippen molar-refractivity contribution >= 4 is 5.91 Å². The first-order chi connectivity index (χ1) is 14.4. The highest BCUT2D eigenvalue weighted by atomic mass is 16.5. The average Bonchev–Trinajstić information content (AvgIpc) is 2.75. The SMILES string of the molecule is COCCN(C[C@@H]1CN(C[C@@H](O)COC(C)C)CCO1)C(=O)c1ccc(OC)cc1. The van der Waals surface area contributed by atoms with Crippen LogP contribution in [0.25, 0.3) is 0 Å². The number of methoxy groups -OCH3 is 2. The molecule has 1 aliphatic heterocycles. The number of morpholine rings is 1. The molecule has 0 spiro atoms. The maximum Gasteiger partial charge on any atom is 0.254 e. The second-order valence-electron chi connectivity index (χ2n) is 7.76. The van der Waals surface area contributed by atoms with Gasteiger partial charge < -0.3 is 29.0 Å². The zero-order valence-electron chi connectivity index (χ0n) is 18.6. The lowest BCUT2D eigenvalue weighted by molar-refractivity contribution is -0.0634. The summed E-state index contributed by atoms with van der Waals surface area (Å²) in [4.78, 5) is 17.0. The number of nitrogens with zero attached hydrogens (tertiary/aromatic N) is 2. The lowest BCUT2D eigenvalue weighted by Gasteiger charge is -2.36. The van der Waals surface area contributed by atoms with E-state index in [1.54, 1.807) is 43.4 Å². The van der Waals surface area contributed by atoms with Crippen molar-refractivity contribution in [3.05, 3.63) is 29.8 Å². The van der Waals surface area contributed by atoms with Gasteiger partial charge in [0.1, 0.15) is 5.75 Å². The summed E-state index contributed by atoms with van der Waals surface area (Å²) < 4.78 is 21.8. The van der Waals surface area contributed by atoms with Gasteiger partial charge in [-0.3, -0.25) is 9.69 Å². The molecule has 0 unspecified atom stereocenters. The number of aliphatic hydroxyl groups is 1. The Balaban J connectivity index is 1.94. The number of amides is 1. The second-order valence-corrected chi connectivity index (χ2v) is 7.76. The topological polar surface area (TPSA) is 80.7 Å². The molecule has 0 saturated carbocycles. The molecule has 0 radical (unpaired) electrons. The minimum Gasteiger partial charge on any atom is -0.497 e. The van der Waals surface area contributed by atoms with Crippen LogP contribution in [0.5, 0.6) is 5.75 Å². The Morgan fingerprint density at radius 2 is 2.03 bits per heavy atom. The van der Waals surface area contributed by atoms with Crippen LogP contribution in [-0.4, -0.2) is 106 Å². The second kappa shape index (κ2) is 12.9. The number of carbonyl (C=O) groups excluding carboxylic acids is 1. The van der Waals surface area contributed by atoms with Gasteiger partial charge in [0.25, 0.3) is 5.91 Å². The van der Waals surface area contributed by atoms with Gasteiger partial charge in [0, 0.05) is 45.4 Å². The van der Waals surface area contributed by atoms with Gasteiger partial charge in [-0.1, -0.05) is 0 Å². The molecule has 1 aromatic carbocycles. The molecular formula is C22H36N2O6. The van der Waals surface area contributed by atoms with Crippen LogP contribution in [0.2, 0.25) is 0 Å². The molecule has 2 atom stereocenters. The fourth-order valence-electron chi connectivity index (χ4n) is 3.35. The van der Waals surface area contributed by atoms with Crippen molar-refractivity contribution in [2.24, 2.45) is 0 Å². The predicted molar refractivity (Wildman–Crippen MR) is 114 cm³/mol. The molecule has 0 bridgehead atoms. The number of hydrogen-bond donors (Lipinski definition) is 1. The van der Waals surface area contributed by atoms with Crippen LogP contribution in [0.3, 0.4) is 0 Å². The summed E-state index contributed by atoms with van der Waals surface area (Å²) in [6.07, 6.45) is -0.580. The monoisotopic (exact) mass is 424 g/mol. The van der Waals surface area contributed by atoms with E-state index in [4.69, 9.17) is 18.9 Å². The number of β-amino-alcohol motifs (C(OH)–C–C–N with tert-alkyl or cyclic N) is 1. The van der Waals surface area contributed by atoms with E-state index in [1.165, 1.54) is 0 Å². The summed E-state index contributed by atoms with van der Waals surface area (Å²) in [7, 11) is 3.22. The number of benzene rings is 1. The predicted octanol–water partition coefficient (Wildman–Crippen LogP) is 1.27. The van der Waals surface area contributed by atoms with Gasteiger partial charge in [0.15, 0.2) is 0 Å². The Morgan fingerprint density at radius 1 is 1.30 bits per heavy atom. The first-order valence-corrected chi connectivity index (χ1v) is 10.5. The fraction of sp³-hybridized carbons (Fsp3) is 0.682. The van der Waals surface area contributed by atoms with E-state index in [0.717, 1.165) is 6.54 Å². The Labute approximate surface area is 179 Å². The highest BCUT2D eigenvalue weighted by Crippen LogP contribution is 2.15. The number of ether oxygens (including phenoxy) is 4. The van der Waals surface area contributed by atoms with Crippen LogP contribution < -0.4 is 4.74 Å². The minimum atomic E-state index is -0.545. The Morgan fingerprint density at radius 3 is 2.67 bits per heavy atom. The number of hydrogen-bond acceptors (Lipinski definition) is 7. The molecule has 30 heavy (non-hydrogen) atoms. The molecular weight excluding hydrogens is 388 g/mol. The van der Waals surface area contributed by atoms with Crippen LogP contribution in [-0.2, 0) is 14.2 Å². The van der Waals surface area contributed by atoms with Crippen LogP contribution in [0.15, 0.2) is 24.3 Å². The zero-order valence-corrected chi connectivity index (χ0v) is 18.6. The molecule has 1 N–H and O–H groups in total. The largest absolute Gasteiger partial charge is 0.497 e. The molecule has 0 aliphatic carbocycles.